The zero-order valence-corrected chi connectivity index (χ0v) is 17.9. The van der Waals surface area contributed by atoms with E-state index < -0.39 is 34.3 Å². The standard InChI is InChI=1S/C19H21ClFN3O5S/c1-3-24(4-2)30(27,28)17-11-13(9-10-14(17)20)19(26)23-22-18(25)12-29-16-8-6-5-7-15(16)21/h5-11H,3-4,12H2,1-2H3,(H,22,25)(H,23,26). The Morgan fingerprint density at radius 3 is 2.40 bits per heavy atom. The highest BCUT2D eigenvalue weighted by Crippen LogP contribution is 2.25. The van der Waals surface area contributed by atoms with Gasteiger partial charge < -0.3 is 4.74 Å². The van der Waals surface area contributed by atoms with Gasteiger partial charge in [0, 0.05) is 18.7 Å². The predicted molar refractivity (Wildman–Crippen MR) is 109 cm³/mol. The lowest BCUT2D eigenvalue weighted by molar-refractivity contribution is -0.123. The van der Waals surface area contributed by atoms with E-state index in [1.807, 2.05) is 0 Å². The number of nitrogens with zero attached hydrogens (tertiary/aromatic N) is 1. The summed E-state index contributed by atoms with van der Waals surface area (Å²) in [6.45, 7) is 3.31. The third-order valence-electron chi connectivity index (χ3n) is 4.03. The lowest BCUT2D eigenvalue weighted by Crippen LogP contribution is -2.44. The number of halogens is 2. The van der Waals surface area contributed by atoms with Crippen LogP contribution in [-0.2, 0) is 14.8 Å². The maximum Gasteiger partial charge on any atom is 0.276 e. The molecule has 2 N–H and O–H groups in total. The average molecular weight is 458 g/mol. The summed E-state index contributed by atoms with van der Waals surface area (Å²) >= 11 is 6.03. The van der Waals surface area contributed by atoms with Crippen LogP contribution in [0.4, 0.5) is 4.39 Å². The van der Waals surface area contributed by atoms with Gasteiger partial charge in [-0.2, -0.15) is 4.31 Å². The van der Waals surface area contributed by atoms with Gasteiger partial charge in [0.15, 0.2) is 18.2 Å². The molecule has 8 nitrogen and oxygen atoms in total. The summed E-state index contributed by atoms with van der Waals surface area (Å²) in [5.41, 5.74) is 4.22. The van der Waals surface area contributed by atoms with E-state index in [1.54, 1.807) is 19.9 Å². The second kappa shape index (κ2) is 10.4. The normalized spacial score (nSPS) is 11.2. The van der Waals surface area contributed by atoms with Crippen molar-refractivity contribution in [2.24, 2.45) is 0 Å². The number of hydrogen-bond acceptors (Lipinski definition) is 5. The van der Waals surface area contributed by atoms with Gasteiger partial charge in [-0.15, -0.1) is 0 Å². The molecule has 0 aliphatic carbocycles. The van der Waals surface area contributed by atoms with Gasteiger partial charge in [0.1, 0.15) is 4.90 Å². The Balaban J connectivity index is 2.03. The van der Waals surface area contributed by atoms with Gasteiger partial charge in [-0.1, -0.05) is 37.6 Å². The Hall–Kier alpha value is -2.69. The van der Waals surface area contributed by atoms with Gasteiger partial charge in [-0.3, -0.25) is 20.4 Å². The van der Waals surface area contributed by atoms with E-state index in [-0.39, 0.29) is 34.3 Å². The molecule has 0 unspecified atom stereocenters. The fourth-order valence-corrected chi connectivity index (χ4v) is 4.44. The summed E-state index contributed by atoms with van der Waals surface area (Å²) < 4.78 is 45.1. The largest absolute Gasteiger partial charge is 0.481 e. The Morgan fingerprint density at radius 1 is 1.10 bits per heavy atom. The van der Waals surface area contributed by atoms with E-state index in [1.165, 1.54) is 34.6 Å². The van der Waals surface area contributed by atoms with Crippen molar-refractivity contribution in [2.75, 3.05) is 19.7 Å². The van der Waals surface area contributed by atoms with E-state index in [4.69, 9.17) is 16.3 Å². The van der Waals surface area contributed by atoms with E-state index in [0.29, 0.717) is 0 Å². The molecular formula is C19H21ClFN3O5S. The molecule has 0 aliphatic heterocycles. The number of benzene rings is 2. The van der Waals surface area contributed by atoms with Gasteiger partial charge in [0.2, 0.25) is 10.0 Å². The van der Waals surface area contributed by atoms with Gasteiger partial charge in [0.25, 0.3) is 11.8 Å². The monoisotopic (exact) mass is 457 g/mol. The van der Waals surface area contributed by atoms with Gasteiger partial charge >= 0.3 is 0 Å². The van der Waals surface area contributed by atoms with Crippen molar-refractivity contribution < 1.29 is 27.1 Å². The number of hydrazine groups is 1. The van der Waals surface area contributed by atoms with Crippen molar-refractivity contribution in [3.63, 3.8) is 0 Å². The SMILES string of the molecule is CCN(CC)S(=O)(=O)c1cc(C(=O)NNC(=O)COc2ccccc2F)ccc1Cl. The number of hydrogen-bond donors (Lipinski definition) is 2. The molecule has 0 radical (unpaired) electrons. The number of carbonyl (C=O) groups is 2. The highest BCUT2D eigenvalue weighted by atomic mass is 35.5. The van der Waals surface area contributed by atoms with E-state index >= 15 is 0 Å². The number of amides is 2. The average Bonchev–Trinajstić information content (AvgIpc) is 2.72. The first-order chi connectivity index (χ1) is 14.2. The molecule has 2 rings (SSSR count). The van der Waals surface area contributed by atoms with Crippen molar-refractivity contribution in [1.82, 2.24) is 15.2 Å². The summed E-state index contributed by atoms with van der Waals surface area (Å²) in [6.07, 6.45) is 0. The molecule has 2 aromatic carbocycles. The molecule has 2 aromatic rings. The number of para-hydroxylation sites is 1. The molecule has 0 saturated carbocycles. The van der Waals surface area contributed by atoms with Crippen LogP contribution in [0, 0.1) is 5.82 Å². The Morgan fingerprint density at radius 2 is 1.77 bits per heavy atom. The summed E-state index contributed by atoms with van der Waals surface area (Å²) in [5, 5.41) is -0.0271. The third kappa shape index (κ3) is 5.68. The molecule has 0 aliphatic rings. The Kier molecular flexibility index (Phi) is 8.16. The lowest BCUT2D eigenvalue weighted by Gasteiger charge is -2.19. The molecule has 0 saturated heterocycles. The summed E-state index contributed by atoms with van der Waals surface area (Å²) in [4.78, 5) is 23.9. The van der Waals surface area contributed by atoms with Crippen molar-refractivity contribution >= 4 is 33.4 Å². The first kappa shape index (κ1) is 23.6. The van der Waals surface area contributed by atoms with Crippen molar-refractivity contribution in [3.05, 3.63) is 58.9 Å². The quantitative estimate of drug-likeness (QED) is 0.592. The molecule has 2 amide bonds. The highest BCUT2D eigenvalue weighted by Gasteiger charge is 2.25. The second-order valence-corrected chi connectivity index (χ2v) is 8.27. The molecule has 30 heavy (non-hydrogen) atoms. The van der Waals surface area contributed by atoms with Gasteiger partial charge in [-0.05, 0) is 30.3 Å². The maximum atomic E-state index is 13.5. The van der Waals surface area contributed by atoms with Crippen molar-refractivity contribution in [3.8, 4) is 5.75 Å². The predicted octanol–water partition coefficient (Wildman–Crippen LogP) is 2.35. The van der Waals surface area contributed by atoms with Gasteiger partial charge in [-0.25, -0.2) is 12.8 Å². The molecule has 0 atom stereocenters. The third-order valence-corrected chi connectivity index (χ3v) is 6.56. The van der Waals surface area contributed by atoms with Crippen LogP contribution in [0.2, 0.25) is 5.02 Å². The first-order valence-corrected chi connectivity index (χ1v) is 10.8. The molecule has 162 valence electrons. The fraction of sp³-hybridized carbons (Fsp3) is 0.263. The van der Waals surface area contributed by atoms with Crippen LogP contribution in [0.3, 0.4) is 0 Å². The Labute approximate surface area is 179 Å². The molecule has 11 heteroatoms. The number of ether oxygens (including phenoxy) is 1. The molecule has 0 spiro atoms. The minimum Gasteiger partial charge on any atom is -0.481 e. The lowest BCUT2D eigenvalue weighted by atomic mass is 10.2. The maximum absolute atomic E-state index is 13.5. The highest BCUT2D eigenvalue weighted by molar-refractivity contribution is 7.89. The zero-order chi connectivity index (χ0) is 22.3. The van der Waals surface area contributed by atoms with Crippen LogP contribution < -0.4 is 15.6 Å². The number of nitrogens with one attached hydrogen (secondary N) is 2. The van der Waals surface area contributed by atoms with Crippen LogP contribution in [0.25, 0.3) is 0 Å². The van der Waals surface area contributed by atoms with Crippen LogP contribution >= 0.6 is 11.6 Å². The molecule has 0 heterocycles. The smallest absolute Gasteiger partial charge is 0.276 e. The molecule has 0 aromatic heterocycles. The van der Waals surface area contributed by atoms with Crippen molar-refractivity contribution in [1.29, 1.82) is 0 Å². The minimum absolute atomic E-state index is 0.0271. The van der Waals surface area contributed by atoms with Crippen LogP contribution in [0.5, 0.6) is 5.75 Å². The molecule has 0 fully saturated rings. The first-order valence-electron chi connectivity index (χ1n) is 8.96. The Bertz CT molecular complexity index is 1030. The summed E-state index contributed by atoms with van der Waals surface area (Å²) in [7, 11) is -3.88. The number of rotatable bonds is 8. The second-order valence-electron chi connectivity index (χ2n) is 5.96. The fourth-order valence-electron chi connectivity index (χ4n) is 2.48. The molecular weight excluding hydrogens is 437 g/mol. The van der Waals surface area contributed by atoms with Gasteiger partial charge in [0.05, 0.1) is 5.02 Å². The van der Waals surface area contributed by atoms with Crippen LogP contribution in [0.15, 0.2) is 47.4 Å². The summed E-state index contributed by atoms with van der Waals surface area (Å²) in [6, 6.07) is 9.29. The zero-order valence-electron chi connectivity index (χ0n) is 16.3. The van der Waals surface area contributed by atoms with Crippen LogP contribution in [0.1, 0.15) is 24.2 Å². The van der Waals surface area contributed by atoms with Crippen LogP contribution in [-0.4, -0.2) is 44.2 Å². The topological polar surface area (TPSA) is 105 Å². The minimum atomic E-state index is -3.88. The summed E-state index contributed by atoms with van der Waals surface area (Å²) in [5.74, 6) is -2.24. The molecule has 0 bridgehead atoms. The number of sulfonamides is 1. The van der Waals surface area contributed by atoms with E-state index in [2.05, 4.69) is 10.9 Å². The van der Waals surface area contributed by atoms with Crippen molar-refractivity contribution in [2.45, 2.75) is 18.7 Å². The number of carbonyl (C=O) groups excluding carboxylic acids is 2. The van der Waals surface area contributed by atoms with E-state index in [0.717, 1.165) is 6.07 Å². The van der Waals surface area contributed by atoms with E-state index in [9.17, 15) is 22.4 Å².